The van der Waals surface area contributed by atoms with E-state index >= 15 is 0 Å². The zero-order chi connectivity index (χ0) is 15.5. The van der Waals surface area contributed by atoms with Crippen molar-refractivity contribution in [3.05, 3.63) is 41.7 Å². The van der Waals surface area contributed by atoms with Crippen LogP contribution in [0, 0.1) is 24.7 Å². The molecule has 2 aliphatic rings. The van der Waals surface area contributed by atoms with E-state index in [0.717, 1.165) is 13.1 Å². The van der Waals surface area contributed by atoms with E-state index in [4.69, 9.17) is 0 Å². The number of nitrogens with one attached hydrogen (secondary N) is 2. The number of piperidine rings is 1. The molecule has 0 spiro atoms. The maximum atomic E-state index is 12.6. The molecule has 0 bridgehead atoms. The van der Waals surface area contributed by atoms with Gasteiger partial charge >= 0.3 is 0 Å². The van der Waals surface area contributed by atoms with Crippen molar-refractivity contribution in [2.45, 2.75) is 26.3 Å². The summed E-state index contributed by atoms with van der Waals surface area (Å²) in [6.45, 7) is 8.30. The van der Waals surface area contributed by atoms with Crippen LogP contribution >= 0.6 is 0 Å². The second kappa shape index (κ2) is 4.59. The van der Waals surface area contributed by atoms with E-state index in [1.807, 2.05) is 12.1 Å². The largest absolute Gasteiger partial charge is 0.347 e. The Balaban J connectivity index is 1.61. The van der Waals surface area contributed by atoms with E-state index in [0.29, 0.717) is 11.8 Å². The third-order valence-corrected chi connectivity index (χ3v) is 5.37. The third-order valence-electron chi connectivity index (χ3n) is 5.37. The lowest BCUT2D eigenvalue weighted by atomic mass is 9.94. The molecular formula is C18H23N3O. The highest BCUT2D eigenvalue weighted by atomic mass is 16.2. The smallest absolute Gasteiger partial charge is 0.224 e. The van der Waals surface area contributed by atoms with Gasteiger partial charge in [0.05, 0.1) is 11.1 Å². The molecule has 0 aromatic carbocycles. The number of hydrogen-bond donors (Lipinski definition) is 2. The summed E-state index contributed by atoms with van der Waals surface area (Å²) in [7, 11) is 0. The normalized spacial score (nSPS) is 27.0. The monoisotopic (exact) mass is 297 g/mol. The SMILES string of the molecule is Cc1cc(C(C)(C)NC(=O)C2C3CNCC32)c2ccccn12. The fourth-order valence-corrected chi connectivity index (χ4v) is 4.09. The van der Waals surface area contributed by atoms with E-state index in [1.54, 1.807) is 0 Å². The van der Waals surface area contributed by atoms with Gasteiger partial charge in [0.25, 0.3) is 0 Å². The van der Waals surface area contributed by atoms with Crippen molar-refractivity contribution in [2.75, 3.05) is 13.1 Å². The maximum Gasteiger partial charge on any atom is 0.224 e. The summed E-state index contributed by atoms with van der Waals surface area (Å²) >= 11 is 0. The molecule has 1 saturated heterocycles. The lowest BCUT2D eigenvalue weighted by Gasteiger charge is -2.27. The zero-order valence-corrected chi connectivity index (χ0v) is 13.4. The average molecular weight is 297 g/mol. The number of amides is 1. The standard InChI is InChI=1S/C18H23N3O/c1-11-8-14(15-6-4-5-7-21(11)15)18(2,3)20-17(22)16-12-9-19-10-13(12)16/h4-8,12-13,16,19H,9-10H2,1-3H3,(H,20,22). The number of hydrogen-bond acceptors (Lipinski definition) is 2. The number of fused-ring (bicyclic) bond motifs is 2. The number of aryl methyl sites for hydroxylation is 1. The first-order valence-corrected chi connectivity index (χ1v) is 8.09. The average Bonchev–Trinajstić information content (AvgIpc) is 2.82. The Morgan fingerprint density at radius 3 is 2.77 bits per heavy atom. The Morgan fingerprint density at radius 2 is 2.05 bits per heavy atom. The summed E-state index contributed by atoms with van der Waals surface area (Å²) in [6.07, 6.45) is 2.07. The first kappa shape index (κ1) is 13.8. The Hall–Kier alpha value is -1.81. The van der Waals surface area contributed by atoms with Gasteiger partial charge in [-0.1, -0.05) is 6.07 Å². The van der Waals surface area contributed by atoms with Crippen LogP contribution in [0.2, 0.25) is 0 Å². The Morgan fingerprint density at radius 1 is 1.32 bits per heavy atom. The fourth-order valence-electron chi connectivity index (χ4n) is 4.09. The highest BCUT2D eigenvalue weighted by Crippen LogP contribution is 2.49. The van der Waals surface area contributed by atoms with Gasteiger partial charge in [-0.15, -0.1) is 0 Å². The van der Waals surface area contributed by atoms with Crippen LogP contribution in [0.4, 0.5) is 0 Å². The van der Waals surface area contributed by atoms with Gasteiger partial charge in [-0.2, -0.15) is 0 Å². The van der Waals surface area contributed by atoms with Gasteiger partial charge in [0.2, 0.25) is 5.91 Å². The number of rotatable bonds is 3. The minimum Gasteiger partial charge on any atom is -0.347 e. The minimum atomic E-state index is -0.359. The zero-order valence-electron chi connectivity index (χ0n) is 13.4. The number of carbonyl (C=O) groups excluding carboxylic acids is 1. The van der Waals surface area contributed by atoms with Crippen molar-refractivity contribution >= 4 is 11.4 Å². The molecule has 4 rings (SSSR count). The van der Waals surface area contributed by atoms with Gasteiger partial charge in [-0.3, -0.25) is 4.79 Å². The molecule has 116 valence electrons. The van der Waals surface area contributed by atoms with Gasteiger partial charge in [0.15, 0.2) is 0 Å². The molecule has 22 heavy (non-hydrogen) atoms. The predicted octanol–water partition coefficient (Wildman–Crippen LogP) is 2.06. The summed E-state index contributed by atoms with van der Waals surface area (Å²) in [4.78, 5) is 12.6. The summed E-state index contributed by atoms with van der Waals surface area (Å²) in [5.74, 6) is 1.55. The van der Waals surface area contributed by atoms with E-state index in [2.05, 4.69) is 54.1 Å². The van der Waals surface area contributed by atoms with Gasteiger partial charge < -0.3 is 15.0 Å². The summed E-state index contributed by atoms with van der Waals surface area (Å²) in [5, 5.41) is 6.63. The van der Waals surface area contributed by atoms with Gasteiger partial charge in [0.1, 0.15) is 0 Å². The molecule has 2 unspecified atom stereocenters. The van der Waals surface area contributed by atoms with Gasteiger partial charge in [-0.25, -0.2) is 0 Å². The van der Waals surface area contributed by atoms with Crippen LogP contribution in [0.5, 0.6) is 0 Å². The number of carbonyl (C=O) groups is 1. The molecule has 2 aromatic heterocycles. The lowest BCUT2D eigenvalue weighted by molar-refractivity contribution is -0.124. The molecular weight excluding hydrogens is 274 g/mol. The van der Waals surface area contributed by atoms with E-state index in [1.165, 1.54) is 16.8 Å². The molecule has 2 N–H and O–H groups in total. The van der Waals surface area contributed by atoms with Crippen molar-refractivity contribution < 1.29 is 4.79 Å². The van der Waals surface area contributed by atoms with Gasteiger partial charge in [0, 0.05) is 23.4 Å². The topological polar surface area (TPSA) is 45.5 Å². The maximum absolute atomic E-state index is 12.6. The van der Waals surface area contributed by atoms with E-state index in [-0.39, 0.29) is 17.4 Å². The highest BCUT2D eigenvalue weighted by molar-refractivity contribution is 5.84. The first-order valence-electron chi connectivity index (χ1n) is 8.09. The number of aromatic nitrogens is 1. The fraction of sp³-hybridized carbons (Fsp3) is 0.500. The Bertz CT molecular complexity index is 736. The summed E-state index contributed by atoms with van der Waals surface area (Å²) in [6, 6.07) is 8.39. The first-order chi connectivity index (χ1) is 10.5. The molecule has 3 heterocycles. The molecule has 0 radical (unpaired) electrons. The molecule has 2 aromatic rings. The second-order valence-electron chi connectivity index (χ2n) is 7.28. The molecule has 4 heteroatoms. The summed E-state index contributed by atoms with van der Waals surface area (Å²) in [5.41, 5.74) is 3.19. The van der Waals surface area contributed by atoms with Crippen molar-refractivity contribution in [3.8, 4) is 0 Å². The van der Waals surface area contributed by atoms with Crippen molar-refractivity contribution in [1.29, 1.82) is 0 Å². The number of nitrogens with zero attached hydrogens (tertiary/aromatic N) is 1. The van der Waals surface area contributed by atoms with Crippen LogP contribution in [-0.2, 0) is 10.3 Å². The highest BCUT2D eigenvalue weighted by Gasteiger charge is 2.57. The van der Waals surface area contributed by atoms with Crippen LogP contribution in [0.3, 0.4) is 0 Å². The molecule has 2 fully saturated rings. The molecule has 2 atom stereocenters. The molecule has 1 aliphatic carbocycles. The Labute approximate surface area is 130 Å². The quantitative estimate of drug-likeness (QED) is 0.911. The van der Waals surface area contributed by atoms with Crippen molar-refractivity contribution in [2.24, 2.45) is 17.8 Å². The predicted molar refractivity (Wildman–Crippen MR) is 86.6 cm³/mol. The minimum absolute atomic E-state index is 0.217. The van der Waals surface area contributed by atoms with E-state index < -0.39 is 0 Å². The lowest BCUT2D eigenvalue weighted by Crippen LogP contribution is -2.43. The van der Waals surface area contributed by atoms with Gasteiger partial charge in [-0.05, 0) is 63.9 Å². The number of pyridine rings is 1. The summed E-state index contributed by atoms with van der Waals surface area (Å²) < 4.78 is 2.18. The van der Waals surface area contributed by atoms with E-state index in [9.17, 15) is 4.79 Å². The van der Waals surface area contributed by atoms with Crippen LogP contribution in [0.1, 0.15) is 25.1 Å². The van der Waals surface area contributed by atoms with Crippen LogP contribution in [0.15, 0.2) is 30.5 Å². The Kier molecular flexibility index (Phi) is 2.89. The molecule has 1 aliphatic heterocycles. The second-order valence-corrected chi connectivity index (χ2v) is 7.28. The molecule has 1 saturated carbocycles. The van der Waals surface area contributed by atoms with Crippen LogP contribution in [0.25, 0.3) is 5.52 Å². The molecule has 1 amide bonds. The van der Waals surface area contributed by atoms with Crippen LogP contribution < -0.4 is 10.6 Å². The van der Waals surface area contributed by atoms with Crippen molar-refractivity contribution in [3.63, 3.8) is 0 Å². The van der Waals surface area contributed by atoms with Crippen LogP contribution in [-0.4, -0.2) is 23.4 Å². The van der Waals surface area contributed by atoms with Crippen molar-refractivity contribution in [1.82, 2.24) is 15.0 Å². The molecule has 4 nitrogen and oxygen atoms in total. The third kappa shape index (κ3) is 1.97.